The van der Waals surface area contributed by atoms with Crippen molar-refractivity contribution in [1.29, 1.82) is 0 Å². The molecule has 1 heterocycles. The Hall–Kier alpha value is -1.77. The van der Waals surface area contributed by atoms with E-state index in [1.165, 1.54) is 5.56 Å². The summed E-state index contributed by atoms with van der Waals surface area (Å²) in [5.74, 6) is 1.82. The zero-order chi connectivity index (χ0) is 17.9. The number of aromatic nitrogens is 2. The van der Waals surface area contributed by atoms with Crippen LogP contribution in [0, 0.1) is 0 Å². The maximum Gasteiger partial charge on any atom is 0.193 e. The molecule has 2 rings (SSSR count). The quantitative estimate of drug-likeness (QED) is 0.265. The van der Waals surface area contributed by atoms with Crippen LogP contribution in [0.4, 0.5) is 0 Å². The van der Waals surface area contributed by atoms with Crippen molar-refractivity contribution in [3.8, 4) is 5.75 Å². The van der Waals surface area contributed by atoms with E-state index < -0.39 is 0 Å². The smallest absolute Gasteiger partial charge is 0.193 e. The molecular weight excluding hydrogens is 441 g/mol. The first-order valence-corrected chi connectivity index (χ1v) is 8.84. The van der Waals surface area contributed by atoms with Gasteiger partial charge in [0.1, 0.15) is 12.4 Å². The molecule has 0 spiro atoms. The molecule has 2 aromatic rings. The highest BCUT2D eigenvalue weighted by molar-refractivity contribution is 14.0. The summed E-state index contributed by atoms with van der Waals surface area (Å²) in [5, 5.41) is 7.53. The van der Waals surface area contributed by atoms with Gasteiger partial charge in [0, 0.05) is 33.4 Å². The number of benzene rings is 1. The van der Waals surface area contributed by atoms with Crippen LogP contribution in [0.15, 0.2) is 47.7 Å². The van der Waals surface area contributed by atoms with Crippen molar-refractivity contribution in [3.63, 3.8) is 0 Å². The Balaban J connectivity index is 0.00000338. The first-order valence-electron chi connectivity index (χ1n) is 8.84. The average molecular weight is 471 g/mol. The predicted octanol–water partition coefficient (Wildman–Crippen LogP) is 2.95. The number of likely N-dealkylation sites (N-methyl/N-ethyl adjacent to an activating group) is 1. The second-order valence-corrected chi connectivity index (χ2v) is 5.94. The molecule has 0 aliphatic rings. The lowest BCUT2D eigenvalue weighted by molar-refractivity contribution is 0.281. The molecule has 1 aromatic carbocycles. The van der Waals surface area contributed by atoms with Gasteiger partial charge < -0.3 is 15.0 Å². The van der Waals surface area contributed by atoms with Crippen molar-refractivity contribution in [2.75, 3.05) is 33.3 Å². The Morgan fingerprint density at radius 2 is 2.08 bits per heavy atom. The van der Waals surface area contributed by atoms with Gasteiger partial charge in [-0.25, -0.2) is 0 Å². The molecule has 1 N–H and O–H groups in total. The SMILES string of the molecule is CCNC(=NCCCc1cnn(C)c1)N(C)CCOc1ccccc1.I. The van der Waals surface area contributed by atoms with E-state index >= 15 is 0 Å². The average Bonchev–Trinajstić information content (AvgIpc) is 3.03. The molecule has 7 heteroatoms. The minimum Gasteiger partial charge on any atom is -0.492 e. The van der Waals surface area contributed by atoms with Crippen molar-refractivity contribution >= 4 is 29.9 Å². The number of hydrogen-bond acceptors (Lipinski definition) is 3. The zero-order valence-electron chi connectivity index (χ0n) is 15.9. The molecular formula is C19H30IN5O. The maximum atomic E-state index is 5.76. The van der Waals surface area contributed by atoms with E-state index in [4.69, 9.17) is 9.73 Å². The third-order valence-corrected chi connectivity index (χ3v) is 3.78. The Bertz CT molecular complexity index is 644. The summed E-state index contributed by atoms with van der Waals surface area (Å²) in [6.45, 7) is 5.13. The molecule has 0 saturated heterocycles. The van der Waals surface area contributed by atoms with Crippen molar-refractivity contribution < 1.29 is 4.74 Å². The van der Waals surface area contributed by atoms with Crippen LogP contribution in [0.2, 0.25) is 0 Å². The summed E-state index contributed by atoms with van der Waals surface area (Å²) in [4.78, 5) is 6.82. The standard InChI is InChI=1S/C19H29N5O.HI/c1-4-20-19(21-12-8-9-17-15-22-24(3)16-17)23(2)13-14-25-18-10-6-5-7-11-18;/h5-7,10-11,15-16H,4,8-9,12-14H2,1-3H3,(H,20,21);1H. The lowest BCUT2D eigenvalue weighted by atomic mass is 10.2. The van der Waals surface area contributed by atoms with Crippen LogP contribution in [0.5, 0.6) is 5.75 Å². The van der Waals surface area contributed by atoms with Gasteiger partial charge in [-0.3, -0.25) is 9.67 Å². The number of para-hydroxylation sites is 1. The zero-order valence-corrected chi connectivity index (χ0v) is 18.2. The second kappa shape index (κ2) is 12.6. The number of aliphatic imine (C=N–C) groups is 1. The van der Waals surface area contributed by atoms with Gasteiger partial charge in [0.25, 0.3) is 0 Å². The predicted molar refractivity (Wildman–Crippen MR) is 117 cm³/mol. The van der Waals surface area contributed by atoms with Crippen molar-refractivity contribution in [2.45, 2.75) is 19.8 Å². The normalized spacial score (nSPS) is 11.0. The van der Waals surface area contributed by atoms with E-state index in [1.807, 2.05) is 55.3 Å². The molecule has 0 aliphatic carbocycles. The fourth-order valence-corrected chi connectivity index (χ4v) is 2.46. The highest BCUT2D eigenvalue weighted by atomic mass is 127. The van der Waals surface area contributed by atoms with Gasteiger partial charge >= 0.3 is 0 Å². The van der Waals surface area contributed by atoms with Crippen LogP contribution in [-0.4, -0.2) is 53.9 Å². The van der Waals surface area contributed by atoms with Crippen molar-refractivity contribution in [3.05, 3.63) is 48.3 Å². The number of nitrogens with one attached hydrogen (secondary N) is 1. The Morgan fingerprint density at radius 3 is 2.73 bits per heavy atom. The molecule has 26 heavy (non-hydrogen) atoms. The number of guanidine groups is 1. The third-order valence-electron chi connectivity index (χ3n) is 3.78. The summed E-state index contributed by atoms with van der Waals surface area (Å²) in [6.07, 6.45) is 5.98. The molecule has 0 fully saturated rings. The second-order valence-electron chi connectivity index (χ2n) is 5.94. The van der Waals surface area contributed by atoms with Gasteiger partial charge in [-0.2, -0.15) is 5.10 Å². The van der Waals surface area contributed by atoms with Crippen LogP contribution >= 0.6 is 24.0 Å². The van der Waals surface area contributed by atoms with Gasteiger partial charge in [-0.1, -0.05) is 18.2 Å². The van der Waals surface area contributed by atoms with Gasteiger partial charge in [0.05, 0.1) is 12.7 Å². The minimum atomic E-state index is 0. The molecule has 1 aromatic heterocycles. The molecule has 144 valence electrons. The molecule has 0 bridgehead atoms. The summed E-state index contributed by atoms with van der Waals surface area (Å²) >= 11 is 0. The van der Waals surface area contributed by atoms with E-state index in [1.54, 1.807) is 0 Å². The third kappa shape index (κ3) is 8.07. The van der Waals surface area contributed by atoms with Crippen LogP contribution in [-0.2, 0) is 13.5 Å². The van der Waals surface area contributed by atoms with E-state index in [0.29, 0.717) is 6.61 Å². The van der Waals surface area contributed by atoms with Crippen LogP contribution < -0.4 is 10.1 Å². The number of nitrogens with zero attached hydrogens (tertiary/aromatic N) is 4. The van der Waals surface area contributed by atoms with Crippen LogP contribution in [0.3, 0.4) is 0 Å². The molecule has 0 amide bonds. The van der Waals surface area contributed by atoms with E-state index in [-0.39, 0.29) is 24.0 Å². The van der Waals surface area contributed by atoms with Gasteiger partial charge in [-0.15, -0.1) is 24.0 Å². The van der Waals surface area contributed by atoms with E-state index in [2.05, 4.69) is 28.4 Å². The largest absolute Gasteiger partial charge is 0.492 e. The lowest BCUT2D eigenvalue weighted by Gasteiger charge is -2.22. The molecule has 0 unspecified atom stereocenters. The summed E-state index contributed by atoms with van der Waals surface area (Å²) in [7, 11) is 3.98. The van der Waals surface area contributed by atoms with E-state index in [0.717, 1.165) is 44.2 Å². The first kappa shape index (κ1) is 22.3. The molecule has 6 nitrogen and oxygen atoms in total. The monoisotopic (exact) mass is 471 g/mol. The van der Waals surface area contributed by atoms with E-state index in [9.17, 15) is 0 Å². The van der Waals surface area contributed by atoms with Crippen LogP contribution in [0.25, 0.3) is 0 Å². The fraction of sp³-hybridized carbons (Fsp3) is 0.474. The summed E-state index contributed by atoms with van der Waals surface area (Å²) in [6, 6.07) is 9.88. The van der Waals surface area contributed by atoms with Crippen LogP contribution in [0.1, 0.15) is 18.9 Å². The lowest BCUT2D eigenvalue weighted by Crippen LogP contribution is -2.41. The molecule has 0 aliphatic heterocycles. The highest BCUT2D eigenvalue weighted by Crippen LogP contribution is 2.07. The topological polar surface area (TPSA) is 54.7 Å². The van der Waals surface area contributed by atoms with Gasteiger partial charge in [-0.05, 0) is 37.5 Å². The number of halogens is 1. The Labute approximate surface area is 173 Å². The summed E-state index contributed by atoms with van der Waals surface area (Å²) in [5.41, 5.74) is 1.26. The minimum absolute atomic E-state index is 0. The first-order chi connectivity index (χ1) is 12.2. The number of hydrogen-bond donors (Lipinski definition) is 1. The number of ether oxygens (including phenoxy) is 1. The molecule has 0 atom stereocenters. The molecule has 0 radical (unpaired) electrons. The Morgan fingerprint density at radius 1 is 1.31 bits per heavy atom. The number of rotatable bonds is 9. The maximum absolute atomic E-state index is 5.76. The van der Waals surface area contributed by atoms with Crippen molar-refractivity contribution in [2.24, 2.45) is 12.0 Å². The Kier molecular flexibility index (Phi) is 10.8. The van der Waals surface area contributed by atoms with Gasteiger partial charge in [0.15, 0.2) is 5.96 Å². The number of aryl methyl sites for hydroxylation is 2. The molecule has 0 saturated carbocycles. The van der Waals surface area contributed by atoms with Crippen molar-refractivity contribution in [1.82, 2.24) is 20.0 Å². The fourth-order valence-electron chi connectivity index (χ4n) is 2.46. The highest BCUT2D eigenvalue weighted by Gasteiger charge is 2.05. The summed E-state index contributed by atoms with van der Waals surface area (Å²) < 4.78 is 7.59. The van der Waals surface area contributed by atoms with Gasteiger partial charge in [0.2, 0.25) is 0 Å².